The Morgan fingerprint density at radius 3 is 1.31 bits per heavy atom. The van der Waals surface area contributed by atoms with Gasteiger partial charge in [0.15, 0.2) is 6.10 Å². The Morgan fingerprint density at radius 1 is 0.500 bits per heavy atom. The molecular formula is C45H73O8P. The van der Waals surface area contributed by atoms with Crippen LogP contribution in [0.1, 0.15) is 149 Å². The van der Waals surface area contributed by atoms with Gasteiger partial charge in [0.05, 0.1) is 13.2 Å². The highest BCUT2D eigenvalue weighted by molar-refractivity contribution is 7.47. The van der Waals surface area contributed by atoms with Crippen molar-refractivity contribution in [2.45, 2.75) is 155 Å². The van der Waals surface area contributed by atoms with Crippen molar-refractivity contribution in [2.24, 2.45) is 0 Å². The van der Waals surface area contributed by atoms with Crippen LogP contribution in [0.2, 0.25) is 0 Å². The molecule has 0 rings (SSSR count). The van der Waals surface area contributed by atoms with Crippen LogP contribution in [0.3, 0.4) is 0 Å². The molecule has 54 heavy (non-hydrogen) atoms. The first-order valence-electron chi connectivity index (χ1n) is 20.5. The SMILES string of the molecule is CC/C=C\C/C=C\C/C=C\C/C=C\CCCCCCC(=O)OCC(COP(=O)(O)OCC)OC(=O)CCCCCC/C=C\C/C=C\C/C=C\C/C=C\CC. The van der Waals surface area contributed by atoms with E-state index in [4.69, 9.17) is 18.5 Å². The van der Waals surface area contributed by atoms with Crippen LogP contribution in [0.15, 0.2) is 97.2 Å². The number of carbonyl (C=O) groups is 2. The average Bonchev–Trinajstić information content (AvgIpc) is 3.15. The summed E-state index contributed by atoms with van der Waals surface area (Å²) in [4.78, 5) is 34.7. The maximum atomic E-state index is 12.5. The summed E-state index contributed by atoms with van der Waals surface area (Å²) in [6.07, 6.45) is 51.7. The molecule has 9 heteroatoms. The number of phosphoric ester groups is 1. The highest BCUT2D eigenvalue weighted by Crippen LogP contribution is 2.43. The molecule has 0 aliphatic carbocycles. The Hall–Kier alpha value is -3.03. The molecule has 0 saturated heterocycles. The van der Waals surface area contributed by atoms with Crippen molar-refractivity contribution in [1.29, 1.82) is 0 Å². The molecule has 0 spiro atoms. The molecular weight excluding hydrogens is 699 g/mol. The molecule has 0 aliphatic heterocycles. The molecule has 0 aromatic carbocycles. The first-order chi connectivity index (χ1) is 26.3. The standard InChI is InChI=1S/C45H73O8P/c1-4-7-9-11-13-15-17-19-21-23-25-27-29-31-33-35-37-39-44(46)50-41-43(42-52-54(48,49)51-6-3)53-45(47)40-38-36-34-32-30-28-26-24-22-20-18-16-14-12-10-8-5-2/h7-10,13-16,19-22,25-28,43H,4-6,11-12,17-18,23-24,29-42H2,1-3H3,(H,48,49)/b9-7-,10-8-,15-13-,16-14-,21-19-,22-20-,27-25-,28-26-. The number of ether oxygens (including phenoxy) is 2. The minimum absolute atomic E-state index is 0.0149. The number of phosphoric acid groups is 1. The molecule has 0 radical (unpaired) electrons. The number of unbranched alkanes of at least 4 members (excludes halogenated alkanes) is 8. The van der Waals surface area contributed by atoms with Gasteiger partial charge in [-0.25, -0.2) is 4.57 Å². The van der Waals surface area contributed by atoms with E-state index < -0.39 is 32.5 Å². The fraction of sp³-hybridized carbons (Fsp3) is 0.600. The molecule has 0 aromatic heterocycles. The van der Waals surface area contributed by atoms with Crippen LogP contribution in [0.5, 0.6) is 0 Å². The van der Waals surface area contributed by atoms with Crippen LogP contribution >= 0.6 is 7.82 Å². The molecule has 0 aromatic rings. The minimum atomic E-state index is -4.30. The number of rotatable bonds is 36. The summed E-state index contributed by atoms with van der Waals surface area (Å²) in [5.74, 6) is -0.865. The number of esters is 2. The average molecular weight is 773 g/mol. The van der Waals surface area contributed by atoms with Crippen molar-refractivity contribution in [1.82, 2.24) is 0 Å². The number of hydrogen-bond donors (Lipinski definition) is 1. The van der Waals surface area contributed by atoms with E-state index in [1.807, 2.05) is 0 Å². The fourth-order valence-electron chi connectivity index (χ4n) is 4.96. The van der Waals surface area contributed by atoms with Gasteiger partial charge in [0, 0.05) is 12.8 Å². The second-order valence-corrected chi connectivity index (χ2v) is 14.3. The zero-order valence-corrected chi connectivity index (χ0v) is 34.7. The highest BCUT2D eigenvalue weighted by Gasteiger charge is 2.25. The van der Waals surface area contributed by atoms with Crippen LogP contribution in [0.4, 0.5) is 0 Å². The van der Waals surface area contributed by atoms with Crippen LogP contribution in [-0.4, -0.2) is 42.8 Å². The summed E-state index contributed by atoms with van der Waals surface area (Å²) >= 11 is 0. The third kappa shape index (κ3) is 38.7. The van der Waals surface area contributed by atoms with Crippen molar-refractivity contribution in [3.8, 4) is 0 Å². The van der Waals surface area contributed by atoms with Crippen LogP contribution < -0.4 is 0 Å². The van der Waals surface area contributed by atoms with E-state index in [-0.39, 0.29) is 26.1 Å². The zero-order chi connectivity index (χ0) is 39.6. The molecule has 2 atom stereocenters. The van der Waals surface area contributed by atoms with Crippen molar-refractivity contribution in [2.75, 3.05) is 19.8 Å². The maximum Gasteiger partial charge on any atom is 0.472 e. The lowest BCUT2D eigenvalue weighted by atomic mass is 10.1. The summed E-state index contributed by atoms with van der Waals surface area (Å²) in [6.45, 7) is 5.16. The lowest BCUT2D eigenvalue weighted by Gasteiger charge is -2.19. The van der Waals surface area contributed by atoms with E-state index in [1.54, 1.807) is 6.92 Å². The summed E-state index contributed by atoms with van der Waals surface area (Å²) < 4.78 is 32.6. The molecule has 0 aliphatic rings. The van der Waals surface area contributed by atoms with Crippen LogP contribution in [0.25, 0.3) is 0 Å². The van der Waals surface area contributed by atoms with Gasteiger partial charge in [0.2, 0.25) is 0 Å². The largest absolute Gasteiger partial charge is 0.472 e. The van der Waals surface area contributed by atoms with Crippen molar-refractivity contribution in [3.63, 3.8) is 0 Å². The summed E-state index contributed by atoms with van der Waals surface area (Å²) in [6, 6.07) is 0. The van der Waals surface area contributed by atoms with Crippen molar-refractivity contribution < 1.29 is 37.6 Å². The van der Waals surface area contributed by atoms with Gasteiger partial charge >= 0.3 is 19.8 Å². The van der Waals surface area contributed by atoms with Gasteiger partial charge < -0.3 is 14.4 Å². The second-order valence-electron chi connectivity index (χ2n) is 12.9. The molecule has 2 unspecified atom stereocenters. The van der Waals surface area contributed by atoms with E-state index in [0.717, 1.165) is 103 Å². The predicted molar refractivity (Wildman–Crippen MR) is 225 cm³/mol. The van der Waals surface area contributed by atoms with Gasteiger partial charge in [-0.05, 0) is 96.8 Å². The molecule has 0 fully saturated rings. The van der Waals surface area contributed by atoms with E-state index >= 15 is 0 Å². The van der Waals surface area contributed by atoms with Crippen LogP contribution in [0, 0.1) is 0 Å². The highest BCUT2D eigenvalue weighted by atomic mass is 31.2. The third-order valence-corrected chi connectivity index (χ3v) is 8.95. The number of carbonyl (C=O) groups excluding carboxylic acids is 2. The van der Waals surface area contributed by atoms with Gasteiger partial charge in [0.25, 0.3) is 0 Å². The zero-order valence-electron chi connectivity index (χ0n) is 33.8. The Labute approximate surface area is 328 Å². The Balaban J connectivity index is 4.23. The topological polar surface area (TPSA) is 108 Å². The summed E-state index contributed by atoms with van der Waals surface area (Å²) in [7, 11) is -4.30. The number of hydrogen-bond acceptors (Lipinski definition) is 7. The Kier molecular flexibility index (Phi) is 37.4. The molecule has 306 valence electrons. The quantitative estimate of drug-likeness (QED) is 0.0290. The minimum Gasteiger partial charge on any atom is -0.462 e. The van der Waals surface area contributed by atoms with Gasteiger partial charge in [-0.15, -0.1) is 0 Å². The lowest BCUT2D eigenvalue weighted by Crippen LogP contribution is -2.29. The van der Waals surface area contributed by atoms with Gasteiger partial charge in [-0.3, -0.25) is 18.6 Å². The van der Waals surface area contributed by atoms with E-state index in [1.165, 1.54) is 0 Å². The monoisotopic (exact) mass is 773 g/mol. The van der Waals surface area contributed by atoms with Crippen LogP contribution in [-0.2, 0) is 32.7 Å². The van der Waals surface area contributed by atoms with E-state index in [2.05, 4.69) is 111 Å². The third-order valence-electron chi connectivity index (χ3n) is 7.89. The first-order valence-corrected chi connectivity index (χ1v) is 22.0. The smallest absolute Gasteiger partial charge is 0.462 e. The maximum absolute atomic E-state index is 12.5. The summed E-state index contributed by atoms with van der Waals surface area (Å²) in [5.41, 5.74) is 0. The Morgan fingerprint density at radius 2 is 0.889 bits per heavy atom. The Bertz CT molecular complexity index is 1190. The van der Waals surface area contributed by atoms with Crippen molar-refractivity contribution in [3.05, 3.63) is 97.2 Å². The lowest BCUT2D eigenvalue weighted by molar-refractivity contribution is -0.161. The first kappa shape index (κ1) is 51.0. The summed E-state index contributed by atoms with van der Waals surface area (Å²) in [5, 5.41) is 0. The molecule has 0 bridgehead atoms. The second kappa shape index (κ2) is 39.7. The van der Waals surface area contributed by atoms with E-state index in [0.29, 0.717) is 12.8 Å². The fourth-order valence-corrected chi connectivity index (χ4v) is 5.72. The molecule has 8 nitrogen and oxygen atoms in total. The molecule has 0 saturated carbocycles. The molecule has 0 amide bonds. The van der Waals surface area contributed by atoms with Gasteiger partial charge in [0.1, 0.15) is 6.61 Å². The number of allylic oxidation sites excluding steroid dienone is 16. The van der Waals surface area contributed by atoms with Crippen molar-refractivity contribution >= 4 is 19.8 Å². The van der Waals surface area contributed by atoms with E-state index in [9.17, 15) is 19.0 Å². The van der Waals surface area contributed by atoms with Gasteiger partial charge in [-0.2, -0.15) is 0 Å². The molecule has 1 N–H and O–H groups in total. The normalized spacial score (nSPS) is 14.4. The molecule has 0 heterocycles. The van der Waals surface area contributed by atoms with Gasteiger partial charge in [-0.1, -0.05) is 137 Å². The predicted octanol–water partition coefficient (Wildman–Crippen LogP) is 12.9.